The van der Waals surface area contributed by atoms with Crippen LogP contribution in [0.5, 0.6) is 0 Å². The molecular weight excluding hydrogens is 204 g/mol. The van der Waals surface area contributed by atoms with E-state index in [1.54, 1.807) is 18.2 Å². The molecule has 0 fully saturated rings. The smallest absolute Gasteiger partial charge is 0.0451 e. The van der Waals surface area contributed by atoms with E-state index in [9.17, 15) is 0 Å². The lowest BCUT2D eigenvalue weighted by Gasteiger charge is -1.99. The van der Waals surface area contributed by atoms with Crippen LogP contribution in [0.3, 0.4) is 0 Å². The van der Waals surface area contributed by atoms with Gasteiger partial charge in [-0.3, -0.25) is 0 Å². The van der Waals surface area contributed by atoms with Crippen LogP contribution >= 0.6 is 35.6 Å². The fourth-order valence-electron chi connectivity index (χ4n) is 0.700. The van der Waals surface area contributed by atoms with E-state index in [1.165, 1.54) is 0 Å². The molecular formula is C7H8Cl3N. The van der Waals surface area contributed by atoms with Gasteiger partial charge in [-0.25, -0.2) is 0 Å². The van der Waals surface area contributed by atoms with Gasteiger partial charge in [-0.2, -0.15) is 0 Å². The molecule has 0 saturated heterocycles. The van der Waals surface area contributed by atoms with Crippen LogP contribution in [0.4, 0.5) is 0 Å². The van der Waals surface area contributed by atoms with Crippen LogP contribution in [-0.4, -0.2) is 0 Å². The van der Waals surface area contributed by atoms with E-state index in [4.69, 9.17) is 28.9 Å². The minimum Gasteiger partial charge on any atom is -0.326 e. The summed E-state index contributed by atoms with van der Waals surface area (Å²) in [6.07, 6.45) is 0. The van der Waals surface area contributed by atoms with Crippen LogP contribution < -0.4 is 5.73 Å². The van der Waals surface area contributed by atoms with Crippen molar-refractivity contribution in [1.29, 1.82) is 0 Å². The normalized spacial score (nSPS) is 9.00. The molecule has 0 radical (unpaired) electrons. The Labute approximate surface area is 81.9 Å². The van der Waals surface area contributed by atoms with Crippen molar-refractivity contribution in [3.8, 4) is 0 Å². The Hall–Kier alpha value is 0.0500. The highest BCUT2D eigenvalue weighted by molar-refractivity contribution is 6.33. The van der Waals surface area contributed by atoms with Gasteiger partial charge in [0.05, 0.1) is 0 Å². The predicted molar refractivity (Wildman–Crippen MR) is 51.6 cm³/mol. The van der Waals surface area contributed by atoms with Crippen LogP contribution in [0.1, 0.15) is 5.56 Å². The third kappa shape index (κ3) is 2.88. The number of hydrogen-bond acceptors (Lipinski definition) is 1. The van der Waals surface area contributed by atoms with Gasteiger partial charge in [0.2, 0.25) is 0 Å². The van der Waals surface area contributed by atoms with Gasteiger partial charge in [0.1, 0.15) is 0 Å². The molecule has 0 unspecified atom stereocenters. The quantitative estimate of drug-likeness (QED) is 0.761. The lowest BCUT2D eigenvalue weighted by molar-refractivity contribution is 1.07. The third-order valence-electron chi connectivity index (χ3n) is 1.23. The number of benzene rings is 1. The summed E-state index contributed by atoms with van der Waals surface area (Å²) in [6.45, 7) is 0.430. The topological polar surface area (TPSA) is 26.0 Å². The Morgan fingerprint density at radius 2 is 1.91 bits per heavy atom. The summed E-state index contributed by atoms with van der Waals surface area (Å²) in [5.74, 6) is 0. The molecule has 4 heteroatoms. The highest BCUT2D eigenvalue weighted by atomic mass is 35.5. The largest absolute Gasteiger partial charge is 0.326 e. The zero-order valence-electron chi connectivity index (χ0n) is 5.68. The fourth-order valence-corrected chi connectivity index (χ4v) is 1.09. The maximum atomic E-state index is 5.76. The zero-order valence-corrected chi connectivity index (χ0v) is 8.01. The van der Waals surface area contributed by atoms with Crippen molar-refractivity contribution in [3.05, 3.63) is 33.8 Å². The average Bonchev–Trinajstić information content (AvgIpc) is 1.94. The maximum Gasteiger partial charge on any atom is 0.0451 e. The second kappa shape index (κ2) is 4.83. The second-order valence-corrected chi connectivity index (χ2v) is 2.78. The Morgan fingerprint density at radius 3 is 2.36 bits per heavy atom. The molecule has 1 rings (SSSR count). The first-order valence-electron chi connectivity index (χ1n) is 2.88. The maximum absolute atomic E-state index is 5.76. The lowest BCUT2D eigenvalue weighted by atomic mass is 10.2. The zero-order chi connectivity index (χ0) is 7.56. The van der Waals surface area contributed by atoms with E-state index >= 15 is 0 Å². The minimum absolute atomic E-state index is 0. The van der Waals surface area contributed by atoms with Crippen molar-refractivity contribution in [2.24, 2.45) is 5.73 Å². The molecule has 0 heterocycles. The molecule has 0 aliphatic carbocycles. The molecule has 11 heavy (non-hydrogen) atoms. The molecule has 0 atom stereocenters. The van der Waals surface area contributed by atoms with Gasteiger partial charge in [-0.15, -0.1) is 12.4 Å². The van der Waals surface area contributed by atoms with Gasteiger partial charge in [-0.1, -0.05) is 23.2 Å². The van der Waals surface area contributed by atoms with Crippen molar-refractivity contribution >= 4 is 35.6 Å². The first kappa shape index (κ1) is 11.1. The van der Waals surface area contributed by atoms with Gasteiger partial charge in [0, 0.05) is 16.6 Å². The molecule has 0 saturated carbocycles. The minimum atomic E-state index is 0. The summed E-state index contributed by atoms with van der Waals surface area (Å²) in [5.41, 5.74) is 6.26. The standard InChI is InChI=1S/C7H7Cl2N.ClH/c8-6-1-2-7(9)5(3-6)4-10;/h1-3H,4,10H2;1H. The van der Waals surface area contributed by atoms with Crippen molar-refractivity contribution < 1.29 is 0 Å². The molecule has 1 aromatic carbocycles. The monoisotopic (exact) mass is 211 g/mol. The van der Waals surface area contributed by atoms with E-state index in [0.717, 1.165) is 5.56 Å². The summed E-state index contributed by atoms with van der Waals surface area (Å²) >= 11 is 11.4. The lowest BCUT2D eigenvalue weighted by Crippen LogP contribution is -1.96. The van der Waals surface area contributed by atoms with Crippen LogP contribution in [0.15, 0.2) is 18.2 Å². The summed E-state index contributed by atoms with van der Waals surface area (Å²) in [5, 5.41) is 1.34. The molecule has 0 bridgehead atoms. The molecule has 0 aromatic heterocycles. The molecule has 1 aromatic rings. The highest BCUT2D eigenvalue weighted by Gasteiger charge is 1.96. The molecule has 0 aliphatic rings. The molecule has 0 amide bonds. The Kier molecular flexibility index (Phi) is 4.86. The first-order valence-corrected chi connectivity index (χ1v) is 3.63. The molecule has 1 nitrogen and oxygen atoms in total. The van der Waals surface area contributed by atoms with E-state index < -0.39 is 0 Å². The van der Waals surface area contributed by atoms with E-state index in [0.29, 0.717) is 16.6 Å². The molecule has 0 aliphatic heterocycles. The average molecular weight is 213 g/mol. The summed E-state index contributed by atoms with van der Waals surface area (Å²) in [4.78, 5) is 0. The number of rotatable bonds is 1. The Balaban J connectivity index is 0.000001000. The van der Waals surface area contributed by atoms with Crippen molar-refractivity contribution in [2.45, 2.75) is 6.54 Å². The van der Waals surface area contributed by atoms with Gasteiger partial charge in [0.25, 0.3) is 0 Å². The van der Waals surface area contributed by atoms with Crippen LogP contribution in [0.2, 0.25) is 10.0 Å². The van der Waals surface area contributed by atoms with E-state index in [-0.39, 0.29) is 12.4 Å². The van der Waals surface area contributed by atoms with Crippen molar-refractivity contribution in [3.63, 3.8) is 0 Å². The first-order chi connectivity index (χ1) is 4.74. The van der Waals surface area contributed by atoms with E-state index in [2.05, 4.69) is 0 Å². The molecule has 2 N–H and O–H groups in total. The van der Waals surface area contributed by atoms with Gasteiger partial charge in [-0.05, 0) is 23.8 Å². The van der Waals surface area contributed by atoms with Crippen LogP contribution in [-0.2, 0) is 6.54 Å². The highest BCUT2D eigenvalue weighted by Crippen LogP contribution is 2.19. The van der Waals surface area contributed by atoms with Gasteiger partial charge in [0.15, 0.2) is 0 Å². The number of halogens is 3. The summed E-state index contributed by atoms with van der Waals surface area (Å²) in [7, 11) is 0. The predicted octanol–water partition coefficient (Wildman–Crippen LogP) is 2.87. The molecule has 0 spiro atoms. The Morgan fingerprint density at radius 1 is 1.27 bits per heavy atom. The Bertz CT molecular complexity index is 237. The van der Waals surface area contributed by atoms with Crippen molar-refractivity contribution in [1.82, 2.24) is 0 Å². The van der Waals surface area contributed by atoms with Crippen LogP contribution in [0, 0.1) is 0 Å². The fraction of sp³-hybridized carbons (Fsp3) is 0.143. The van der Waals surface area contributed by atoms with Crippen LogP contribution in [0.25, 0.3) is 0 Å². The van der Waals surface area contributed by atoms with Crippen molar-refractivity contribution in [2.75, 3.05) is 0 Å². The number of hydrogen-bond donors (Lipinski definition) is 1. The SMILES string of the molecule is Cl.NCc1cc(Cl)ccc1Cl. The van der Waals surface area contributed by atoms with Gasteiger partial charge >= 0.3 is 0 Å². The molecule has 62 valence electrons. The second-order valence-electron chi connectivity index (χ2n) is 1.94. The summed E-state index contributed by atoms with van der Waals surface area (Å²) in [6, 6.07) is 5.25. The van der Waals surface area contributed by atoms with Gasteiger partial charge < -0.3 is 5.73 Å². The third-order valence-corrected chi connectivity index (χ3v) is 1.83. The summed E-state index contributed by atoms with van der Waals surface area (Å²) < 4.78 is 0. The number of nitrogens with two attached hydrogens (primary N) is 1. The van der Waals surface area contributed by atoms with E-state index in [1.807, 2.05) is 0 Å².